The highest BCUT2D eigenvalue weighted by Gasteiger charge is 2.21. The van der Waals surface area contributed by atoms with Crippen LogP contribution in [0.4, 0.5) is 0 Å². The molecule has 2 aromatic carbocycles. The van der Waals surface area contributed by atoms with E-state index in [1.54, 1.807) is 23.6 Å². The van der Waals surface area contributed by atoms with Crippen LogP contribution in [0.1, 0.15) is 31.4 Å². The monoisotopic (exact) mass is 394 g/mol. The number of carbonyl (C=O) groups is 2. The predicted octanol–water partition coefficient (Wildman–Crippen LogP) is 4.37. The van der Waals surface area contributed by atoms with Crippen molar-refractivity contribution < 1.29 is 14.4 Å². The zero-order chi connectivity index (χ0) is 20.1. The van der Waals surface area contributed by atoms with Gasteiger partial charge in [0, 0.05) is 35.9 Å². The highest BCUT2D eigenvalue weighted by Crippen LogP contribution is 2.29. The molecule has 1 saturated heterocycles. The third-order valence-electron chi connectivity index (χ3n) is 4.38. The van der Waals surface area contributed by atoms with E-state index in [9.17, 15) is 9.59 Å². The number of likely N-dealkylation sites (N-methyl/N-ethyl adjacent to an activating group) is 1. The molecule has 0 atom stereocenters. The number of rotatable bonds is 5. The maximum absolute atomic E-state index is 12.0. The Morgan fingerprint density at radius 1 is 1.07 bits per heavy atom. The molecule has 0 radical (unpaired) electrons. The van der Waals surface area contributed by atoms with Crippen molar-refractivity contribution in [2.45, 2.75) is 30.1 Å². The lowest BCUT2D eigenvalue weighted by atomic mass is 10.1. The molecule has 1 aliphatic rings. The lowest BCUT2D eigenvalue weighted by Gasteiger charge is -2.06. The molecule has 2 aromatic rings. The number of amides is 1. The lowest BCUT2D eigenvalue weighted by molar-refractivity contribution is -0.140. The average Bonchev–Trinajstić information content (AvgIpc) is 3.00. The molecular formula is C22H22N2O3S. The predicted molar refractivity (Wildman–Crippen MR) is 111 cm³/mol. The van der Waals surface area contributed by atoms with Crippen molar-refractivity contribution in [1.29, 1.82) is 0 Å². The van der Waals surface area contributed by atoms with E-state index in [0.29, 0.717) is 5.71 Å². The molecule has 1 fully saturated rings. The summed E-state index contributed by atoms with van der Waals surface area (Å²) in [6, 6.07) is 16.1. The van der Waals surface area contributed by atoms with Crippen LogP contribution >= 0.6 is 11.8 Å². The van der Waals surface area contributed by atoms with E-state index < -0.39 is 5.97 Å². The third kappa shape index (κ3) is 5.10. The largest absolute Gasteiger partial charge is 0.342 e. The average molecular weight is 394 g/mol. The first-order valence-electron chi connectivity index (χ1n) is 8.99. The molecule has 3 rings (SSSR count). The summed E-state index contributed by atoms with van der Waals surface area (Å²) in [6.45, 7) is 3.91. The Hall–Kier alpha value is -2.86. The van der Waals surface area contributed by atoms with Crippen LogP contribution in [-0.2, 0) is 14.4 Å². The van der Waals surface area contributed by atoms with E-state index >= 15 is 0 Å². The summed E-state index contributed by atoms with van der Waals surface area (Å²) < 4.78 is 0. The minimum absolute atomic E-state index is 0.117. The van der Waals surface area contributed by atoms with E-state index in [2.05, 4.69) is 22.1 Å². The van der Waals surface area contributed by atoms with Gasteiger partial charge >= 0.3 is 5.97 Å². The van der Waals surface area contributed by atoms with Gasteiger partial charge in [-0.25, -0.2) is 4.79 Å². The first-order chi connectivity index (χ1) is 13.4. The Bertz CT molecular complexity index is 931. The van der Waals surface area contributed by atoms with Gasteiger partial charge in [-0.15, -0.1) is 0 Å². The van der Waals surface area contributed by atoms with Crippen molar-refractivity contribution in [2.24, 2.45) is 5.16 Å². The molecule has 5 nitrogen and oxygen atoms in total. The second-order valence-electron chi connectivity index (χ2n) is 6.60. The number of carbonyl (C=O) groups excluding carboxylic acids is 2. The molecular weight excluding hydrogens is 372 g/mol. The number of oxime groups is 1. The number of hydrogen-bond acceptors (Lipinski definition) is 5. The fraction of sp³-hybridized carbons (Fsp3) is 0.227. The van der Waals surface area contributed by atoms with Gasteiger partial charge in [-0.05, 0) is 54.8 Å². The molecule has 0 bridgehead atoms. The van der Waals surface area contributed by atoms with E-state index in [-0.39, 0.29) is 5.91 Å². The maximum atomic E-state index is 12.0. The second kappa shape index (κ2) is 8.89. The van der Waals surface area contributed by atoms with E-state index in [4.69, 9.17) is 0 Å². The molecule has 0 N–H and O–H groups in total. The fourth-order valence-electron chi connectivity index (χ4n) is 2.79. The topological polar surface area (TPSA) is 59.0 Å². The lowest BCUT2D eigenvalue weighted by Crippen LogP contribution is -2.18. The summed E-state index contributed by atoms with van der Waals surface area (Å²) >= 11 is 1.66. The smallest absolute Gasteiger partial charge is 0.331 e. The van der Waals surface area contributed by atoms with Crippen LogP contribution in [0.3, 0.4) is 0 Å². The van der Waals surface area contributed by atoms with Gasteiger partial charge in [0.1, 0.15) is 0 Å². The first-order valence-corrected chi connectivity index (χ1v) is 9.80. The Balaban J connectivity index is 1.64. The maximum Gasteiger partial charge on any atom is 0.331 e. The second-order valence-corrected chi connectivity index (χ2v) is 7.75. The van der Waals surface area contributed by atoms with E-state index in [0.717, 1.165) is 39.5 Å². The molecule has 1 amide bonds. The van der Waals surface area contributed by atoms with Gasteiger partial charge in [0.25, 0.3) is 0 Å². The van der Waals surface area contributed by atoms with Crippen LogP contribution in [0.25, 0.3) is 6.08 Å². The van der Waals surface area contributed by atoms with Crippen molar-refractivity contribution in [1.82, 2.24) is 4.90 Å². The van der Waals surface area contributed by atoms with Crippen molar-refractivity contribution in [2.75, 3.05) is 13.6 Å². The van der Waals surface area contributed by atoms with Crippen molar-refractivity contribution in [3.05, 3.63) is 65.2 Å². The van der Waals surface area contributed by atoms with Crippen LogP contribution in [0.15, 0.2) is 69.1 Å². The Kier molecular flexibility index (Phi) is 6.31. The van der Waals surface area contributed by atoms with Crippen molar-refractivity contribution in [3.8, 4) is 0 Å². The van der Waals surface area contributed by atoms with Crippen LogP contribution in [0.2, 0.25) is 0 Å². The highest BCUT2D eigenvalue weighted by atomic mass is 32.2. The minimum atomic E-state index is -0.435. The molecule has 1 heterocycles. The van der Waals surface area contributed by atoms with Gasteiger partial charge in [0.2, 0.25) is 5.91 Å². The van der Waals surface area contributed by atoms with Gasteiger partial charge in [0.15, 0.2) is 0 Å². The van der Waals surface area contributed by atoms with Gasteiger partial charge in [-0.2, -0.15) is 0 Å². The molecule has 0 spiro atoms. The van der Waals surface area contributed by atoms with Crippen molar-refractivity contribution >= 4 is 35.4 Å². The summed E-state index contributed by atoms with van der Waals surface area (Å²) in [5.41, 5.74) is 3.45. The van der Waals surface area contributed by atoms with Crippen LogP contribution in [-0.4, -0.2) is 36.1 Å². The molecule has 0 unspecified atom stereocenters. The van der Waals surface area contributed by atoms with Gasteiger partial charge in [0.05, 0.1) is 5.71 Å². The SMILES string of the molecule is CC(=O)ON=C(C)c1ccc(Sc2ccc(C=C3CCN(C)C3=O)cc2)cc1. The molecule has 6 heteroatoms. The number of benzene rings is 2. The summed E-state index contributed by atoms with van der Waals surface area (Å²) in [4.78, 5) is 31.5. The summed E-state index contributed by atoms with van der Waals surface area (Å²) in [5, 5.41) is 3.80. The van der Waals surface area contributed by atoms with Crippen LogP contribution in [0, 0.1) is 0 Å². The fourth-order valence-corrected chi connectivity index (χ4v) is 3.61. The first kappa shape index (κ1) is 19.9. The third-order valence-corrected chi connectivity index (χ3v) is 5.39. The summed E-state index contributed by atoms with van der Waals surface area (Å²) in [5.74, 6) is -0.319. The highest BCUT2D eigenvalue weighted by molar-refractivity contribution is 7.99. The minimum Gasteiger partial charge on any atom is -0.342 e. The molecule has 28 heavy (non-hydrogen) atoms. The van der Waals surface area contributed by atoms with Gasteiger partial charge < -0.3 is 9.74 Å². The zero-order valence-corrected chi connectivity index (χ0v) is 17.0. The Morgan fingerprint density at radius 2 is 1.68 bits per heavy atom. The number of likely N-dealkylation sites (tertiary alicyclic amines) is 1. The summed E-state index contributed by atoms with van der Waals surface area (Å²) in [7, 11) is 1.83. The number of nitrogens with zero attached hydrogens (tertiary/aromatic N) is 2. The zero-order valence-electron chi connectivity index (χ0n) is 16.1. The Labute approximate surface area is 169 Å². The standard InChI is InChI=1S/C22H22N2O3S/c1-15(23-27-16(2)25)18-6-10-21(11-7-18)28-20-8-4-17(5-9-20)14-19-12-13-24(3)22(19)26/h4-11,14H,12-13H2,1-3H3. The molecule has 144 valence electrons. The molecule has 1 aliphatic heterocycles. The summed E-state index contributed by atoms with van der Waals surface area (Å²) in [6.07, 6.45) is 2.78. The van der Waals surface area contributed by atoms with Gasteiger partial charge in [-0.1, -0.05) is 41.2 Å². The van der Waals surface area contributed by atoms with E-state index in [1.165, 1.54) is 6.92 Å². The number of hydrogen-bond donors (Lipinski definition) is 0. The Morgan fingerprint density at radius 3 is 2.21 bits per heavy atom. The molecule has 0 aliphatic carbocycles. The van der Waals surface area contributed by atoms with Gasteiger partial charge in [-0.3, -0.25) is 4.79 Å². The van der Waals surface area contributed by atoms with E-state index in [1.807, 2.05) is 49.5 Å². The molecule has 0 saturated carbocycles. The quantitative estimate of drug-likeness (QED) is 0.327. The van der Waals surface area contributed by atoms with Crippen LogP contribution < -0.4 is 0 Å². The van der Waals surface area contributed by atoms with Crippen molar-refractivity contribution in [3.63, 3.8) is 0 Å². The normalized spacial score (nSPS) is 16.0. The van der Waals surface area contributed by atoms with Crippen LogP contribution in [0.5, 0.6) is 0 Å². The molecule has 0 aromatic heterocycles.